The molecule has 0 saturated heterocycles. The molecular formula is C24H22N6O. The van der Waals surface area contributed by atoms with Crippen LogP contribution < -0.4 is 0 Å². The molecule has 7 heteroatoms. The summed E-state index contributed by atoms with van der Waals surface area (Å²) in [5.41, 5.74) is 4.59. The van der Waals surface area contributed by atoms with E-state index in [9.17, 15) is 4.79 Å². The van der Waals surface area contributed by atoms with E-state index >= 15 is 0 Å². The molecule has 0 fully saturated rings. The van der Waals surface area contributed by atoms with Crippen molar-refractivity contribution < 1.29 is 4.79 Å². The predicted molar refractivity (Wildman–Crippen MR) is 115 cm³/mol. The molecule has 1 atom stereocenters. The van der Waals surface area contributed by atoms with Crippen LogP contribution in [0.5, 0.6) is 0 Å². The molecule has 4 aromatic rings. The molecular weight excluding hydrogens is 388 g/mol. The fraction of sp³-hybridized carbons (Fsp3) is 0.208. The van der Waals surface area contributed by atoms with Crippen LogP contribution in [0.1, 0.15) is 44.6 Å². The van der Waals surface area contributed by atoms with Crippen molar-refractivity contribution in [3.05, 3.63) is 107 Å². The topological polar surface area (TPSA) is 76.8 Å². The summed E-state index contributed by atoms with van der Waals surface area (Å²) in [6.45, 7) is 3.62. The molecule has 0 bridgehead atoms. The third-order valence-corrected chi connectivity index (χ3v) is 5.62. The fourth-order valence-corrected chi connectivity index (χ4v) is 4.10. The van der Waals surface area contributed by atoms with Crippen molar-refractivity contribution in [2.45, 2.75) is 25.9 Å². The van der Waals surface area contributed by atoms with Gasteiger partial charge >= 0.3 is 0 Å². The number of aromatic nitrogens is 5. The number of hydrogen-bond donors (Lipinski definition) is 0. The first-order valence-electron chi connectivity index (χ1n) is 10.2. The molecule has 3 aromatic heterocycles. The van der Waals surface area contributed by atoms with Gasteiger partial charge < -0.3 is 9.47 Å². The van der Waals surface area contributed by atoms with Crippen LogP contribution in [0.4, 0.5) is 0 Å². The monoisotopic (exact) mass is 410 g/mol. The molecule has 0 saturated carbocycles. The zero-order valence-electron chi connectivity index (χ0n) is 17.2. The van der Waals surface area contributed by atoms with E-state index in [4.69, 9.17) is 0 Å². The summed E-state index contributed by atoms with van der Waals surface area (Å²) < 4.78 is 2.14. The Kier molecular flexibility index (Phi) is 5.00. The van der Waals surface area contributed by atoms with Gasteiger partial charge in [-0.25, -0.2) is 9.97 Å². The first-order valence-corrected chi connectivity index (χ1v) is 10.2. The van der Waals surface area contributed by atoms with Gasteiger partial charge in [-0.15, -0.1) is 0 Å². The van der Waals surface area contributed by atoms with Crippen LogP contribution in [0, 0.1) is 6.92 Å². The zero-order chi connectivity index (χ0) is 21.2. The summed E-state index contributed by atoms with van der Waals surface area (Å²) >= 11 is 0. The number of pyridine rings is 1. The van der Waals surface area contributed by atoms with Gasteiger partial charge in [0.05, 0.1) is 24.4 Å². The molecule has 1 aliphatic rings. The lowest BCUT2D eigenvalue weighted by Crippen LogP contribution is -2.39. The van der Waals surface area contributed by atoms with Crippen LogP contribution in [0.2, 0.25) is 0 Å². The van der Waals surface area contributed by atoms with Gasteiger partial charge in [-0.05, 0) is 29.7 Å². The van der Waals surface area contributed by atoms with E-state index in [-0.39, 0.29) is 11.8 Å². The highest BCUT2D eigenvalue weighted by atomic mass is 16.2. The number of nitrogens with zero attached hydrogens (tertiary/aromatic N) is 6. The Morgan fingerprint density at radius 2 is 1.94 bits per heavy atom. The van der Waals surface area contributed by atoms with Crippen molar-refractivity contribution in [1.29, 1.82) is 0 Å². The minimum atomic E-state index is -0.114. The van der Waals surface area contributed by atoms with Crippen LogP contribution in [0.15, 0.2) is 73.6 Å². The number of rotatable bonds is 4. The molecule has 0 radical (unpaired) electrons. The highest BCUT2D eigenvalue weighted by Gasteiger charge is 2.32. The van der Waals surface area contributed by atoms with Gasteiger partial charge in [-0.1, -0.05) is 30.3 Å². The molecule has 7 nitrogen and oxygen atoms in total. The van der Waals surface area contributed by atoms with Gasteiger partial charge in [-0.3, -0.25) is 14.8 Å². The number of amides is 1. The molecule has 1 amide bonds. The van der Waals surface area contributed by atoms with E-state index in [1.165, 1.54) is 5.56 Å². The molecule has 1 aromatic carbocycles. The average molecular weight is 410 g/mol. The van der Waals surface area contributed by atoms with Gasteiger partial charge in [0, 0.05) is 44.1 Å². The highest BCUT2D eigenvalue weighted by molar-refractivity contribution is 5.92. The van der Waals surface area contributed by atoms with E-state index in [1.54, 1.807) is 18.6 Å². The van der Waals surface area contributed by atoms with Crippen molar-refractivity contribution in [3.63, 3.8) is 0 Å². The van der Waals surface area contributed by atoms with Gasteiger partial charge in [0.15, 0.2) is 0 Å². The first kappa shape index (κ1) is 19.1. The Balaban J connectivity index is 1.49. The summed E-state index contributed by atoms with van der Waals surface area (Å²) in [5, 5.41) is 0. The summed E-state index contributed by atoms with van der Waals surface area (Å²) in [7, 11) is 0. The summed E-state index contributed by atoms with van der Waals surface area (Å²) in [6.07, 6.45) is 10.6. The van der Waals surface area contributed by atoms with E-state index in [1.807, 2.05) is 48.6 Å². The number of aryl methyl sites for hydroxylation is 1. The van der Waals surface area contributed by atoms with Crippen LogP contribution in [-0.2, 0) is 13.1 Å². The average Bonchev–Trinajstić information content (AvgIpc) is 3.27. The normalized spacial score (nSPS) is 15.5. The van der Waals surface area contributed by atoms with E-state index in [0.717, 1.165) is 22.6 Å². The molecule has 0 unspecified atom stereocenters. The molecule has 31 heavy (non-hydrogen) atoms. The minimum absolute atomic E-state index is 0.0287. The quantitative estimate of drug-likeness (QED) is 0.516. The van der Waals surface area contributed by atoms with Gasteiger partial charge in [0.25, 0.3) is 5.91 Å². The molecule has 1 aliphatic heterocycles. The summed E-state index contributed by atoms with van der Waals surface area (Å²) in [5.74, 6) is 0.792. The lowest BCUT2D eigenvalue weighted by molar-refractivity contribution is 0.0716. The molecule has 0 spiro atoms. The summed E-state index contributed by atoms with van der Waals surface area (Å²) in [4.78, 5) is 32.5. The molecule has 0 N–H and O–H groups in total. The standard InChI is InChI=1S/C24H22N6O/c1-17-11-28-22(13-27-17)24(31)30-15-19-6-2-3-7-20(19)21(16-30)23-26-9-10-29(23)14-18-5-4-8-25-12-18/h2-13,21H,14-16H2,1H3/t21-/m1/s1. The maximum Gasteiger partial charge on any atom is 0.274 e. The second-order valence-corrected chi connectivity index (χ2v) is 7.75. The van der Waals surface area contributed by atoms with Crippen LogP contribution in [0.3, 0.4) is 0 Å². The molecule has 0 aliphatic carbocycles. The Labute approximate surface area is 180 Å². The second-order valence-electron chi connectivity index (χ2n) is 7.75. The van der Waals surface area contributed by atoms with Crippen molar-refractivity contribution in [2.75, 3.05) is 6.54 Å². The number of hydrogen-bond acceptors (Lipinski definition) is 5. The molecule has 154 valence electrons. The van der Waals surface area contributed by atoms with Gasteiger partial charge in [-0.2, -0.15) is 0 Å². The Morgan fingerprint density at radius 1 is 1.03 bits per heavy atom. The zero-order valence-corrected chi connectivity index (χ0v) is 17.2. The number of benzene rings is 1. The minimum Gasteiger partial charge on any atom is -0.332 e. The smallest absolute Gasteiger partial charge is 0.274 e. The third-order valence-electron chi connectivity index (χ3n) is 5.62. The van der Waals surface area contributed by atoms with Crippen molar-refractivity contribution in [3.8, 4) is 0 Å². The lowest BCUT2D eigenvalue weighted by atomic mass is 9.88. The summed E-state index contributed by atoms with van der Waals surface area (Å²) in [6, 6.07) is 12.3. The highest BCUT2D eigenvalue weighted by Crippen LogP contribution is 2.33. The largest absolute Gasteiger partial charge is 0.332 e. The number of carbonyl (C=O) groups is 1. The first-order chi connectivity index (χ1) is 15.2. The maximum atomic E-state index is 13.2. The Hall–Kier alpha value is -3.87. The Bertz CT molecular complexity index is 1200. The van der Waals surface area contributed by atoms with E-state index in [2.05, 4.69) is 42.7 Å². The van der Waals surface area contributed by atoms with Gasteiger partial charge in [0.2, 0.25) is 0 Å². The SMILES string of the molecule is Cc1cnc(C(=O)N2Cc3ccccc3[C@H](c3nccn3Cc3cccnc3)C2)cn1. The Morgan fingerprint density at radius 3 is 2.74 bits per heavy atom. The maximum absolute atomic E-state index is 13.2. The molecule has 4 heterocycles. The lowest BCUT2D eigenvalue weighted by Gasteiger charge is -2.34. The van der Waals surface area contributed by atoms with Crippen LogP contribution in [0.25, 0.3) is 0 Å². The predicted octanol–water partition coefficient (Wildman–Crippen LogP) is 3.21. The van der Waals surface area contributed by atoms with Gasteiger partial charge in [0.1, 0.15) is 11.5 Å². The third kappa shape index (κ3) is 3.82. The second kappa shape index (κ2) is 8.10. The fourth-order valence-electron chi connectivity index (χ4n) is 4.10. The number of fused-ring (bicyclic) bond motifs is 1. The van der Waals surface area contributed by atoms with Crippen LogP contribution >= 0.6 is 0 Å². The van der Waals surface area contributed by atoms with E-state index < -0.39 is 0 Å². The van der Waals surface area contributed by atoms with Crippen molar-refractivity contribution in [1.82, 2.24) is 29.4 Å². The number of imidazole rings is 1. The van der Waals surface area contributed by atoms with Crippen LogP contribution in [-0.4, -0.2) is 41.9 Å². The molecule has 5 rings (SSSR count). The van der Waals surface area contributed by atoms with Crippen molar-refractivity contribution in [2.24, 2.45) is 0 Å². The van der Waals surface area contributed by atoms with Crippen molar-refractivity contribution >= 4 is 5.91 Å². The van der Waals surface area contributed by atoms with E-state index in [0.29, 0.717) is 25.3 Å². The number of carbonyl (C=O) groups excluding carboxylic acids is 1.